The van der Waals surface area contributed by atoms with E-state index in [4.69, 9.17) is 5.73 Å². The summed E-state index contributed by atoms with van der Waals surface area (Å²) in [6.45, 7) is 3.35. The highest BCUT2D eigenvalue weighted by atomic mass is 32.2. The maximum Gasteiger partial charge on any atom is 0.279 e. The lowest BCUT2D eigenvalue weighted by Gasteiger charge is -2.17. The molecule has 0 aliphatic rings. The van der Waals surface area contributed by atoms with E-state index in [-0.39, 0.29) is 0 Å². The van der Waals surface area contributed by atoms with Gasteiger partial charge in [0.05, 0.1) is 0 Å². The Balaban J connectivity index is 2.43. The van der Waals surface area contributed by atoms with Gasteiger partial charge in [-0.1, -0.05) is 29.8 Å². The highest BCUT2D eigenvalue weighted by Gasteiger charge is 2.15. The van der Waals surface area contributed by atoms with Crippen molar-refractivity contribution in [3.8, 4) is 0 Å². The molecular weight excluding hydrogens is 262 g/mol. The summed E-state index contributed by atoms with van der Waals surface area (Å²) in [5.74, 6) is 0. The van der Waals surface area contributed by atoms with Crippen molar-refractivity contribution in [3.05, 3.63) is 35.4 Å². The van der Waals surface area contributed by atoms with Crippen molar-refractivity contribution in [1.82, 2.24) is 9.03 Å². The molecule has 0 unspecified atom stereocenters. The minimum absolute atomic E-state index is 0.402. The Morgan fingerprint density at radius 2 is 2.11 bits per heavy atom. The summed E-state index contributed by atoms with van der Waals surface area (Å²) in [7, 11) is -1.82. The average Bonchev–Trinajstić information content (AvgIpc) is 2.35. The highest BCUT2D eigenvalue weighted by Crippen LogP contribution is 2.04. The SMILES string of the molecule is Cc1cccc(CCNS(=O)(=O)N(C)CCCN)c1. The topological polar surface area (TPSA) is 75.4 Å². The molecule has 1 aromatic carbocycles. The fourth-order valence-corrected chi connectivity index (χ4v) is 2.69. The maximum atomic E-state index is 11.9. The van der Waals surface area contributed by atoms with Crippen LogP contribution >= 0.6 is 0 Å². The summed E-state index contributed by atoms with van der Waals surface area (Å²) in [6, 6.07) is 8.06. The summed E-state index contributed by atoms with van der Waals surface area (Å²) < 4.78 is 27.6. The summed E-state index contributed by atoms with van der Waals surface area (Å²) in [5.41, 5.74) is 7.68. The zero-order valence-electron chi connectivity index (χ0n) is 11.6. The van der Waals surface area contributed by atoms with E-state index in [2.05, 4.69) is 10.8 Å². The number of aryl methyl sites for hydroxylation is 1. The van der Waals surface area contributed by atoms with Gasteiger partial charge >= 0.3 is 0 Å². The average molecular weight is 285 g/mol. The van der Waals surface area contributed by atoms with Gasteiger partial charge in [-0.05, 0) is 31.9 Å². The van der Waals surface area contributed by atoms with Crippen LogP contribution in [0.3, 0.4) is 0 Å². The molecule has 0 fully saturated rings. The normalized spacial score (nSPS) is 12.0. The largest absolute Gasteiger partial charge is 0.330 e. The van der Waals surface area contributed by atoms with Crippen LogP contribution in [0.4, 0.5) is 0 Å². The van der Waals surface area contributed by atoms with Gasteiger partial charge in [0.15, 0.2) is 0 Å². The Morgan fingerprint density at radius 3 is 2.74 bits per heavy atom. The van der Waals surface area contributed by atoms with Crippen molar-refractivity contribution in [2.75, 3.05) is 26.7 Å². The predicted molar refractivity (Wildman–Crippen MR) is 78.1 cm³/mol. The van der Waals surface area contributed by atoms with Crippen molar-refractivity contribution < 1.29 is 8.42 Å². The van der Waals surface area contributed by atoms with Crippen LogP contribution in [0.25, 0.3) is 0 Å². The molecular formula is C13H23N3O2S. The van der Waals surface area contributed by atoms with Crippen molar-refractivity contribution in [3.63, 3.8) is 0 Å². The van der Waals surface area contributed by atoms with Gasteiger partial charge in [-0.2, -0.15) is 12.7 Å². The Kier molecular flexibility index (Phi) is 6.44. The van der Waals surface area contributed by atoms with E-state index in [0.29, 0.717) is 32.5 Å². The van der Waals surface area contributed by atoms with Gasteiger partial charge in [-0.25, -0.2) is 4.72 Å². The third-order valence-corrected chi connectivity index (χ3v) is 4.44. The monoisotopic (exact) mass is 285 g/mol. The van der Waals surface area contributed by atoms with Gasteiger partial charge in [0.25, 0.3) is 10.2 Å². The number of nitrogens with two attached hydrogens (primary N) is 1. The lowest BCUT2D eigenvalue weighted by Crippen LogP contribution is -2.40. The Labute approximate surface area is 116 Å². The molecule has 1 aromatic rings. The molecule has 19 heavy (non-hydrogen) atoms. The molecule has 0 aliphatic carbocycles. The standard InChI is InChI=1S/C13H23N3O2S/c1-12-5-3-6-13(11-12)7-9-15-19(17,18)16(2)10-4-8-14/h3,5-6,11,15H,4,7-10,14H2,1-2H3. The van der Waals surface area contributed by atoms with E-state index >= 15 is 0 Å². The van der Waals surface area contributed by atoms with Gasteiger partial charge in [0.1, 0.15) is 0 Å². The minimum atomic E-state index is -3.39. The van der Waals surface area contributed by atoms with Crippen LogP contribution in [0.2, 0.25) is 0 Å². The maximum absolute atomic E-state index is 11.9. The molecule has 1 rings (SSSR count). The number of rotatable bonds is 8. The second-order valence-electron chi connectivity index (χ2n) is 4.60. The molecule has 0 amide bonds. The minimum Gasteiger partial charge on any atom is -0.330 e. The summed E-state index contributed by atoms with van der Waals surface area (Å²) in [4.78, 5) is 0. The third kappa shape index (κ3) is 5.69. The smallest absolute Gasteiger partial charge is 0.279 e. The summed E-state index contributed by atoms with van der Waals surface area (Å²) >= 11 is 0. The van der Waals surface area contributed by atoms with E-state index in [0.717, 1.165) is 5.56 Å². The van der Waals surface area contributed by atoms with Gasteiger partial charge < -0.3 is 5.73 Å². The number of nitrogens with zero attached hydrogens (tertiary/aromatic N) is 1. The number of hydrogen-bond donors (Lipinski definition) is 2. The van der Waals surface area contributed by atoms with Gasteiger partial charge in [0.2, 0.25) is 0 Å². The fourth-order valence-electron chi connectivity index (χ4n) is 1.74. The molecule has 0 aromatic heterocycles. The van der Waals surface area contributed by atoms with Crippen LogP contribution in [0.5, 0.6) is 0 Å². The van der Waals surface area contributed by atoms with Crippen molar-refractivity contribution in [2.45, 2.75) is 19.8 Å². The second kappa shape index (κ2) is 7.59. The Morgan fingerprint density at radius 1 is 1.37 bits per heavy atom. The van der Waals surface area contributed by atoms with Crippen molar-refractivity contribution in [1.29, 1.82) is 0 Å². The van der Waals surface area contributed by atoms with Gasteiger partial charge in [-0.3, -0.25) is 0 Å². The molecule has 5 nitrogen and oxygen atoms in total. The van der Waals surface area contributed by atoms with Crippen LogP contribution in [-0.4, -0.2) is 39.4 Å². The van der Waals surface area contributed by atoms with Crippen molar-refractivity contribution in [2.24, 2.45) is 5.73 Å². The van der Waals surface area contributed by atoms with Gasteiger partial charge in [-0.15, -0.1) is 0 Å². The first kappa shape index (κ1) is 16.1. The van der Waals surface area contributed by atoms with Crippen LogP contribution in [0, 0.1) is 6.92 Å². The first-order valence-electron chi connectivity index (χ1n) is 6.42. The quantitative estimate of drug-likeness (QED) is 0.736. The molecule has 0 atom stereocenters. The Hall–Kier alpha value is -0.950. The second-order valence-corrected chi connectivity index (χ2v) is 6.46. The van der Waals surface area contributed by atoms with E-state index in [1.54, 1.807) is 7.05 Å². The molecule has 108 valence electrons. The summed E-state index contributed by atoms with van der Waals surface area (Å²) in [5, 5.41) is 0. The Bertz CT molecular complexity index is 488. The molecule has 0 radical (unpaired) electrons. The third-order valence-electron chi connectivity index (χ3n) is 2.87. The van der Waals surface area contributed by atoms with Crippen LogP contribution in [0.15, 0.2) is 24.3 Å². The number of nitrogens with one attached hydrogen (secondary N) is 1. The van der Waals surface area contributed by atoms with Crippen LogP contribution in [-0.2, 0) is 16.6 Å². The molecule has 3 N–H and O–H groups in total. The molecule has 6 heteroatoms. The molecule has 0 spiro atoms. The molecule has 0 saturated heterocycles. The fraction of sp³-hybridized carbons (Fsp3) is 0.538. The van der Waals surface area contributed by atoms with Crippen molar-refractivity contribution >= 4 is 10.2 Å². The lowest BCUT2D eigenvalue weighted by atomic mass is 10.1. The van der Waals surface area contributed by atoms with E-state index in [1.807, 2.05) is 25.1 Å². The number of hydrogen-bond acceptors (Lipinski definition) is 3. The molecule has 0 aliphatic heterocycles. The van der Waals surface area contributed by atoms with E-state index in [9.17, 15) is 8.42 Å². The van der Waals surface area contributed by atoms with Gasteiger partial charge in [0, 0.05) is 20.1 Å². The first-order valence-corrected chi connectivity index (χ1v) is 7.86. The molecule has 0 bridgehead atoms. The molecule has 0 saturated carbocycles. The zero-order valence-corrected chi connectivity index (χ0v) is 12.4. The number of benzene rings is 1. The summed E-state index contributed by atoms with van der Waals surface area (Å²) in [6.07, 6.45) is 1.35. The first-order chi connectivity index (χ1) is 8.95. The van der Waals surface area contributed by atoms with E-state index in [1.165, 1.54) is 9.87 Å². The van der Waals surface area contributed by atoms with Crippen LogP contribution in [0.1, 0.15) is 17.5 Å². The van der Waals surface area contributed by atoms with Crippen LogP contribution < -0.4 is 10.5 Å². The van der Waals surface area contributed by atoms with E-state index < -0.39 is 10.2 Å². The highest BCUT2D eigenvalue weighted by molar-refractivity contribution is 7.87. The zero-order chi connectivity index (χ0) is 14.3. The lowest BCUT2D eigenvalue weighted by molar-refractivity contribution is 0.453. The predicted octanol–water partition coefficient (Wildman–Crippen LogP) is 0.653. The molecule has 0 heterocycles.